The summed E-state index contributed by atoms with van der Waals surface area (Å²) in [6, 6.07) is 3.06. The van der Waals surface area contributed by atoms with Crippen molar-refractivity contribution in [3.8, 4) is 11.5 Å². The fraction of sp³-hybridized carbons (Fsp3) is 0.529. The molecule has 2 rings (SSSR count). The van der Waals surface area contributed by atoms with Crippen LogP contribution in [0.5, 0.6) is 11.5 Å². The minimum atomic E-state index is -3.99. The van der Waals surface area contributed by atoms with Crippen LogP contribution in [0.1, 0.15) is 26.7 Å². The van der Waals surface area contributed by atoms with Crippen molar-refractivity contribution < 1.29 is 32.2 Å². The zero-order valence-electron chi connectivity index (χ0n) is 15.3. The number of sulfonamides is 1. The average Bonchev–Trinajstić information content (AvgIpc) is 2.88. The van der Waals surface area contributed by atoms with Gasteiger partial charge in [0.05, 0.1) is 18.1 Å². The molecule has 2 N–H and O–H groups in total. The molecule has 150 valence electrons. The van der Waals surface area contributed by atoms with Gasteiger partial charge < -0.3 is 19.5 Å². The normalized spacial score (nSPS) is 14.7. The van der Waals surface area contributed by atoms with Crippen LogP contribution in [0, 0.1) is 0 Å². The Labute approximate surface area is 158 Å². The summed E-state index contributed by atoms with van der Waals surface area (Å²) in [7, 11) is -3.99. The molecule has 0 bridgehead atoms. The fourth-order valence-electron chi connectivity index (χ4n) is 2.24. The monoisotopic (exact) mass is 400 g/mol. The number of carbonyl (C=O) groups excluding carboxylic acids is 2. The Morgan fingerprint density at radius 3 is 2.63 bits per heavy atom. The van der Waals surface area contributed by atoms with Gasteiger partial charge in [-0.25, -0.2) is 8.42 Å². The molecular weight excluding hydrogens is 376 g/mol. The average molecular weight is 400 g/mol. The molecular formula is C17H24N2O7S. The molecule has 9 nitrogen and oxygen atoms in total. The van der Waals surface area contributed by atoms with Gasteiger partial charge in [0.25, 0.3) is 5.91 Å². The first kappa shape index (κ1) is 21.0. The van der Waals surface area contributed by atoms with Gasteiger partial charge in [0.15, 0.2) is 18.1 Å². The largest absolute Gasteiger partial charge is 0.490 e. The maximum absolute atomic E-state index is 12.5. The van der Waals surface area contributed by atoms with E-state index in [1.807, 2.05) is 6.92 Å². The standard InChI is InChI=1S/C17H24N2O7S/c1-3-7-18-16(20)11-26-17(21)12(2)19-27(22,23)13-5-6-14-15(10-13)25-9-4-8-24-14/h5-6,10,12,19H,3-4,7-9,11H2,1-2H3,(H,18,20)/t12-/m0/s1. The summed E-state index contributed by atoms with van der Waals surface area (Å²) in [6.45, 7) is 4.16. The van der Waals surface area contributed by atoms with Crippen LogP contribution in [0.2, 0.25) is 0 Å². The van der Waals surface area contributed by atoms with Crippen LogP contribution in [-0.2, 0) is 24.3 Å². The Hall–Kier alpha value is -2.33. The van der Waals surface area contributed by atoms with Gasteiger partial charge in [-0.05, 0) is 25.5 Å². The van der Waals surface area contributed by atoms with E-state index >= 15 is 0 Å². The molecule has 27 heavy (non-hydrogen) atoms. The van der Waals surface area contributed by atoms with Gasteiger partial charge in [-0.1, -0.05) is 6.92 Å². The van der Waals surface area contributed by atoms with Crippen LogP contribution in [0.4, 0.5) is 0 Å². The van der Waals surface area contributed by atoms with Crippen molar-refractivity contribution in [1.29, 1.82) is 0 Å². The molecule has 0 spiro atoms. The summed E-state index contributed by atoms with van der Waals surface area (Å²) < 4.78 is 43.0. The van der Waals surface area contributed by atoms with Gasteiger partial charge >= 0.3 is 5.97 Å². The molecule has 0 aromatic heterocycles. The van der Waals surface area contributed by atoms with Gasteiger partial charge in [-0.3, -0.25) is 9.59 Å². The maximum Gasteiger partial charge on any atom is 0.324 e. The summed E-state index contributed by atoms with van der Waals surface area (Å²) in [4.78, 5) is 23.3. The number of carbonyl (C=O) groups is 2. The third kappa shape index (κ3) is 6.10. The van der Waals surface area contributed by atoms with Crippen LogP contribution >= 0.6 is 0 Å². The highest BCUT2D eigenvalue weighted by Crippen LogP contribution is 2.31. The van der Waals surface area contributed by atoms with E-state index in [9.17, 15) is 18.0 Å². The zero-order valence-corrected chi connectivity index (χ0v) is 16.1. The molecule has 0 saturated carbocycles. The van der Waals surface area contributed by atoms with E-state index in [0.29, 0.717) is 37.7 Å². The van der Waals surface area contributed by atoms with Crippen molar-refractivity contribution in [2.75, 3.05) is 26.4 Å². The van der Waals surface area contributed by atoms with Gasteiger partial charge in [0, 0.05) is 19.0 Å². The van der Waals surface area contributed by atoms with E-state index in [4.69, 9.17) is 14.2 Å². The Bertz CT molecular complexity index is 779. The number of hydrogen-bond donors (Lipinski definition) is 2. The molecule has 0 fully saturated rings. The molecule has 1 aliphatic rings. The summed E-state index contributed by atoms with van der Waals surface area (Å²) in [5.74, 6) is -0.488. The number of nitrogens with one attached hydrogen (secondary N) is 2. The van der Waals surface area contributed by atoms with Crippen LogP contribution < -0.4 is 19.5 Å². The van der Waals surface area contributed by atoms with Gasteiger partial charge in [0.1, 0.15) is 6.04 Å². The predicted molar refractivity (Wildman–Crippen MR) is 96.1 cm³/mol. The Morgan fingerprint density at radius 2 is 1.93 bits per heavy atom. The van der Waals surface area contributed by atoms with Gasteiger partial charge in [0.2, 0.25) is 10.0 Å². The lowest BCUT2D eigenvalue weighted by Gasteiger charge is -2.15. The minimum absolute atomic E-state index is 0.0629. The van der Waals surface area contributed by atoms with Crippen molar-refractivity contribution in [3.05, 3.63) is 18.2 Å². The maximum atomic E-state index is 12.5. The van der Waals surface area contributed by atoms with Crippen LogP contribution in [0.3, 0.4) is 0 Å². The molecule has 0 radical (unpaired) electrons. The molecule has 1 amide bonds. The highest BCUT2D eigenvalue weighted by Gasteiger charge is 2.25. The second-order valence-electron chi connectivity index (χ2n) is 5.96. The van der Waals surface area contributed by atoms with E-state index in [0.717, 1.165) is 6.42 Å². The summed E-state index contributed by atoms with van der Waals surface area (Å²) >= 11 is 0. The van der Waals surface area contributed by atoms with Crippen molar-refractivity contribution in [1.82, 2.24) is 10.0 Å². The Morgan fingerprint density at radius 1 is 1.22 bits per heavy atom. The van der Waals surface area contributed by atoms with Gasteiger partial charge in [-0.2, -0.15) is 4.72 Å². The van der Waals surface area contributed by atoms with E-state index < -0.39 is 34.5 Å². The van der Waals surface area contributed by atoms with E-state index in [1.54, 1.807) is 0 Å². The van der Waals surface area contributed by atoms with Gasteiger partial charge in [-0.15, -0.1) is 0 Å². The smallest absolute Gasteiger partial charge is 0.324 e. The second-order valence-corrected chi connectivity index (χ2v) is 7.67. The fourth-order valence-corrected chi connectivity index (χ4v) is 3.44. The molecule has 0 aliphatic carbocycles. The predicted octanol–water partition coefficient (Wildman–Crippen LogP) is 0.584. The Balaban J connectivity index is 1.97. The number of rotatable bonds is 8. The van der Waals surface area contributed by atoms with Crippen molar-refractivity contribution in [2.45, 2.75) is 37.6 Å². The molecule has 1 heterocycles. The molecule has 1 aromatic rings. The number of hydrogen-bond acceptors (Lipinski definition) is 7. The first-order valence-corrected chi connectivity index (χ1v) is 10.2. The van der Waals surface area contributed by atoms with Crippen molar-refractivity contribution in [2.24, 2.45) is 0 Å². The summed E-state index contributed by atoms with van der Waals surface area (Å²) in [6.07, 6.45) is 1.45. The zero-order chi connectivity index (χ0) is 19.9. The number of amides is 1. The molecule has 0 unspecified atom stereocenters. The highest BCUT2D eigenvalue weighted by molar-refractivity contribution is 7.89. The first-order chi connectivity index (χ1) is 12.8. The third-order valence-electron chi connectivity index (χ3n) is 3.63. The van der Waals surface area contributed by atoms with Crippen LogP contribution in [0.25, 0.3) is 0 Å². The molecule has 1 aliphatic heterocycles. The van der Waals surface area contributed by atoms with Crippen molar-refractivity contribution >= 4 is 21.9 Å². The van der Waals surface area contributed by atoms with E-state index in [2.05, 4.69) is 10.0 Å². The molecule has 1 aromatic carbocycles. The van der Waals surface area contributed by atoms with E-state index in [-0.39, 0.29) is 4.90 Å². The van der Waals surface area contributed by atoms with Crippen LogP contribution in [0.15, 0.2) is 23.1 Å². The number of esters is 1. The Kier molecular flexibility index (Phi) is 7.43. The van der Waals surface area contributed by atoms with Crippen LogP contribution in [-0.4, -0.2) is 52.7 Å². The lowest BCUT2D eigenvalue weighted by molar-refractivity contribution is -0.149. The lowest BCUT2D eigenvalue weighted by Crippen LogP contribution is -2.41. The molecule has 10 heteroatoms. The molecule has 1 atom stereocenters. The summed E-state index contributed by atoms with van der Waals surface area (Å²) in [5, 5.41) is 2.55. The van der Waals surface area contributed by atoms with E-state index in [1.165, 1.54) is 25.1 Å². The third-order valence-corrected chi connectivity index (χ3v) is 5.17. The highest BCUT2D eigenvalue weighted by atomic mass is 32.2. The second kappa shape index (κ2) is 9.56. The number of ether oxygens (including phenoxy) is 3. The number of fused-ring (bicyclic) bond motifs is 1. The molecule has 0 saturated heterocycles. The number of benzene rings is 1. The lowest BCUT2D eigenvalue weighted by atomic mass is 10.3. The summed E-state index contributed by atoms with van der Waals surface area (Å²) in [5.41, 5.74) is 0. The van der Waals surface area contributed by atoms with Crippen molar-refractivity contribution in [3.63, 3.8) is 0 Å². The minimum Gasteiger partial charge on any atom is -0.490 e. The first-order valence-electron chi connectivity index (χ1n) is 8.69. The topological polar surface area (TPSA) is 120 Å². The SMILES string of the molecule is CCCNC(=O)COC(=O)[C@H](C)NS(=O)(=O)c1ccc2c(c1)OCCCO2. The quantitative estimate of drug-likeness (QED) is 0.613.